The monoisotopic (exact) mass is 496 g/mol. The van der Waals surface area contributed by atoms with Gasteiger partial charge in [-0.25, -0.2) is 10.0 Å². The van der Waals surface area contributed by atoms with Gasteiger partial charge in [-0.3, -0.25) is 34.5 Å². The van der Waals surface area contributed by atoms with Crippen LogP contribution in [0.15, 0.2) is 71.5 Å². The lowest BCUT2D eigenvalue weighted by Gasteiger charge is -2.13. The average Bonchev–Trinajstić information content (AvgIpc) is 3.53. The van der Waals surface area contributed by atoms with Crippen LogP contribution in [0.1, 0.15) is 40.1 Å². The molecule has 5 rings (SSSR count). The molecule has 0 spiro atoms. The number of carbonyl (C=O) groups excluding carboxylic acids is 3. The van der Waals surface area contributed by atoms with Crippen molar-refractivity contribution in [2.75, 3.05) is 19.5 Å². The van der Waals surface area contributed by atoms with Crippen molar-refractivity contribution in [3.8, 4) is 0 Å². The van der Waals surface area contributed by atoms with Crippen LogP contribution in [0.2, 0.25) is 0 Å². The molecule has 0 aliphatic carbocycles. The number of benzene rings is 2. The lowest BCUT2D eigenvalue weighted by atomic mass is 10.0. The molecule has 0 bridgehead atoms. The fraction of sp³-hybridized carbons (Fsp3) is 0.185. The summed E-state index contributed by atoms with van der Waals surface area (Å²) in [7, 11) is 2.97. The summed E-state index contributed by atoms with van der Waals surface area (Å²) >= 11 is 0. The van der Waals surface area contributed by atoms with Crippen molar-refractivity contribution in [1.29, 1.82) is 0 Å². The van der Waals surface area contributed by atoms with Gasteiger partial charge in [0.15, 0.2) is 5.78 Å². The minimum atomic E-state index is -0.412. The standard InChI is InChI=1S/C27H24N6O4/c1-33(37-2)24(35)11-16-10-19(28-14-16)13-23(34)20-8-5-9-21-25(20)31-27(30-21)32-26(36)22-12-17-6-3-4-7-18(17)15-29-22/h3-9,12,14-15H,10-11,13H2,1-2H3,(H2,30,31,32,36). The van der Waals surface area contributed by atoms with Crippen molar-refractivity contribution in [2.45, 2.75) is 19.3 Å². The summed E-state index contributed by atoms with van der Waals surface area (Å²) in [4.78, 5) is 59.0. The van der Waals surface area contributed by atoms with Crippen molar-refractivity contribution >= 4 is 51.1 Å². The summed E-state index contributed by atoms with van der Waals surface area (Å²) in [6.45, 7) is 0. The maximum atomic E-state index is 13.1. The smallest absolute Gasteiger partial charge is 0.276 e. The average molecular weight is 497 g/mol. The first kappa shape index (κ1) is 24.0. The molecule has 3 heterocycles. The fourth-order valence-corrected chi connectivity index (χ4v) is 4.14. The van der Waals surface area contributed by atoms with Crippen molar-refractivity contribution in [1.82, 2.24) is 20.0 Å². The first-order valence-electron chi connectivity index (χ1n) is 11.6. The normalized spacial score (nSPS) is 12.9. The number of hydrogen-bond donors (Lipinski definition) is 2. The third-order valence-corrected chi connectivity index (χ3v) is 6.14. The quantitative estimate of drug-likeness (QED) is 0.279. The van der Waals surface area contributed by atoms with Crippen LogP contribution in [0.25, 0.3) is 21.8 Å². The van der Waals surface area contributed by atoms with Gasteiger partial charge in [0.05, 0.1) is 19.0 Å². The number of aromatic amines is 1. The Labute approximate surface area is 212 Å². The van der Waals surface area contributed by atoms with Crippen LogP contribution in [0.5, 0.6) is 0 Å². The Hall–Kier alpha value is -4.70. The molecule has 2 N–H and O–H groups in total. The van der Waals surface area contributed by atoms with Crippen molar-refractivity contribution in [2.24, 2.45) is 4.99 Å². The molecular weight excluding hydrogens is 472 g/mol. The van der Waals surface area contributed by atoms with Crippen LogP contribution < -0.4 is 5.32 Å². The second-order valence-electron chi connectivity index (χ2n) is 8.67. The number of hydroxylamine groups is 2. The number of anilines is 1. The zero-order valence-corrected chi connectivity index (χ0v) is 20.3. The number of para-hydroxylation sites is 1. The first-order valence-corrected chi connectivity index (χ1v) is 11.6. The molecule has 2 aromatic carbocycles. The number of aliphatic imine (C=N–C) groups is 1. The van der Waals surface area contributed by atoms with Crippen LogP contribution in [0.4, 0.5) is 5.95 Å². The summed E-state index contributed by atoms with van der Waals surface area (Å²) in [6, 6.07) is 14.6. The predicted molar refractivity (Wildman–Crippen MR) is 139 cm³/mol. The minimum absolute atomic E-state index is 0.100. The van der Waals surface area contributed by atoms with Crippen LogP contribution in [0.3, 0.4) is 0 Å². The molecule has 4 aromatic rings. The summed E-state index contributed by atoms with van der Waals surface area (Å²) < 4.78 is 0. The molecule has 0 saturated heterocycles. The number of H-pyrrole nitrogens is 1. The van der Waals surface area contributed by atoms with E-state index in [1.54, 1.807) is 43.7 Å². The van der Waals surface area contributed by atoms with E-state index in [1.165, 1.54) is 7.11 Å². The Kier molecular flexibility index (Phi) is 6.57. The van der Waals surface area contributed by atoms with Gasteiger partial charge in [-0.05, 0) is 29.2 Å². The Morgan fingerprint density at radius 3 is 2.70 bits per heavy atom. The van der Waals surface area contributed by atoms with E-state index in [2.05, 4.69) is 25.3 Å². The highest BCUT2D eigenvalue weighted by atomic mass is 16.7. The highest BCUT2D eigenvalue weighted by molar-refractivity contribution is 6.16. The lowest BCUT2D eigenvalue weighted by Crippen LogP contribution is -2.25. The summed E-state index contributed by atoms with van der Waals surface area (Å²) in [5.74, 6) is -0.533. The lowest BCUT2D eigenvalue weighted by molar-refractivity contribution is -0.167. The number of nitrogens with zero attached hydrogens (tertiary/aromatic N) is 4. The van der Waals surface area contributed by atoms with Gasteiger partial charge < -0.3 is 4.98 Å². The number of fused-ring (bicyclic) bond motifs is 2. The number of carbonyl (C=O) groups is 3. The van der Waals surface area contributed by atoms with Gasteiger partial charge in [-0.15, -0.1) is 0 Å². The molecule has 0 unspecified atom stereocenters. The van der Waals surface area contributed by atoms with Crippen molar-refractivity contribution in [3.05, 3.63) is 77.8 Å². The highest BCUT2D eigenvalue weighted by Gasteiger charge is 2.21. The number of rotatable bonds is 8. The maximum Gasteiger partial charge on any atom is 0.276 e. The number of nitrogens with one attached hydrogen (secondary N) is 2. The molecular formula is C27H24N6O4. The number of Topliss-reactive ketones (excluding diaryl/α,β-unsaturated/α-hetero) is 1. The van der Waals surface area contributed by atoms with Gasteiger partial charge in [0.25, 0.3) is 5.91 Å². The van der Waals surface area contributed by atoms with E-state index in [0.29, 0.717) is 28.7 Å². The SMILES string of the molecule is CON(C)C(=O)CC1=CN=C(CC(=O)c2cccc3[nH]c(NC(=O)c4cc5ccccc5cn4)nc23)C1. The van der Waals surface area contributed by atoms with E-state index in [4.69, 9.17) is 4.84 Å². The van der Waals surface area contributed by atoms with Gasteiger partial charge in [0, 0.05) is 48.9 Å². The summed E-state index contributed by atoms with van der Waals surface area (Å²) in [5, 5.41) is 5.74. The largest absolute Gasteiger partial charge is 0.324 e. The molecule has 10 heteroatoms. The van der Waals surface area contributed by atoms with E-state index in [-0.39, 0.29) is 36.2 Å². The third-order valence-electron chi connectivity index (χ3n) is 6.14. The van der Waals surface area contributed by atoms with Gasteiger partial charge >= 0.3 is 0 Å². The molecule has 186 valence electrons. The van der Waals surface area contributed by atoms with Gasteiger partial charge in [-0.2, -0.15) is 0 Å². The van der Waals surface area contributed by atoms with E-state index >= 15 is 0 Å². The minimum Gasteiger partial charge on any atom is -0.324 e. The molecule has 0 saturated carbocycles. The van der Waals surface area contributed by atoms with Gasteiger partial charge in [0.2, 0.25) is 11.9 Å². The number of ketones is 1. The maximum absolute atomic E-state index is 13.1. The second-order valence-corrected chi connectivity index (χ2v) is 8.67. The number of amides is 2. The highest BCUT2D eigenvalue weighted by Crippen LogP contribution is 2.24. The molecule has 2 amide bonds. The van der Waals surface area contributed by atoms with E-state index in [9.17, 15) is 14.4 Å². The van der Waals surface area contributed by atoms with Crippen LogP contribution >= 0.6 is 0 Å². The topological polar surface area (TPSA) is 130 Å². The molecule has 10 nitrogen and oxygen atoms in total. The van der Waals surface area contributed by atoms with E-state index in [1.807, 2.05) is 24.3 Å². The molecule has 0 atom stereocenters. The summed E-state index contributed by atoms with van der Waals surface area (Å²) in [5.41, 5.74) is 3.25. The molecule has 0 radical (unpaired) electrons. The van der Waals surface area contributed by atoms with Gasteiger partial charge in [0.1, 0.15) is 11.2 Å². The number of imidazole rings is 1. The molecule has 1 aliphatic heterocycles. The second kappa shape index (κ2) is 10.1. The van der Waals surface area contributed by atoms with E-state index < -0.39 is 5.91 Å². The molecule has 37 heavy (non-hydrogen) atoms. The number of hydrogen-bond acceptors (Lipinski definition) is 7. The van der Waals surface area contributed by atoms with Gasteiger partial charge in [-0.1, -0.05) is 30.3 Å². The number of aromatic nitrogens is 3. The zero-order valence-electron chi connectivity index (χ0n) is 20.3. The fourth-order valence-electron chi connectivity index (χ4n) is 4.14. The molecule has 0 fully saturated rings. The molecule has 2 aromatic heterocycles. The Balaban J connectivity index is 1.27. The summed E-state index contributed by atoms with van der Waals surface area (Å²) in [6.07, 6.45) is 4.01. The predicted octanol–water partition coefficient (Wildman–Crippen LogP) is 4.07. The van der Waals surface area contributed by atoms with Crippen LogP contribution in [-0.4, -0.2) is 57.5 Å². The first-order chi connectivity index (χ1) is 17.9. The van der Waals surface area contributed by atoms with E-state index in [0.717, 1.165) is 21.4 Å². The van der Waals surface area contributed by atoms with Crippen molar-refractivity contribution in [3.63, 3.8) is 0 Å². The Bertz CT molecular complexity index is 1600. The molecule has 1 aliphatic rings. The third kappa shape index (κ3) is 5.14. The van der Waals surface area contributed by atoms with Crippen LogP contribution in [0, 0.1) is 0 Å². The zero-order chi connectivity index (χ0) is 25.9. The van der Waals surface area contributed by atoms with Crippen molar-refractivity contribution < 1.29 is 19.2 Å². The Morgan fingerprint density at radius 2 is 1.89 bits per heavy atom. The van der Waals surface area contributed by atoms with Crippen LogP contribution in [-0.2, 0) is 9.63 Å². The Morgan fingerprint density at radius 1 is 1.08 bits per heavy atom. The number of pyridine rings is 1.